The fraction of sp³-hybridized carbons (Fsp3) is 0.333. The van der Waals surface area contributed by atoms with Crippen LogP contribution in [0.25, 0.3) is 0 Å². The molecule has 1 saturated heterocycles. The second-order valence-electron chi connectivity index (χ2n) is 1.75. The third kappa shape index (κ3) is 3.24. The first kappa shape index (κ1) is 7.59. The normalized spacial score (nSPS) is 14.4. The Labute approximate surface area is 63.3 Å². The van der Waals surface area contributed by atoms with E-state index >= 15 is 0 Å². The van der Waals surface area contributed by atoms with Crippen LogP contribution in [0.3, 0.4) is 0 Å². The summed E-state index contributed by atoms with van der Waals surface area (Å²) >= 11 is 0. The van der Waals surface area contributed by atoms with E-state index in [-0.39, 0.29) is 6.09 Å². The lowest BCUT2D eigenvalue weighted by Gasteiger charge is -1.80. The van der Waals surface area contributed by atoms with Crippen molar-refractivity contribution < 1.29 is 14.1 Å². The van der Waals surface area contributed by atoms with Crippen LogP contribution >= 0.6 is 0 Å². The van der Waals surface area contributed by atoms with Crippen LogP contribution in [0.5, 0.6) is 0 Å². The van der Waals surface area contributed by atoms with E-state index < -0.39 is 0 Å². The summed E-state index contributed by atoms with van der Waals surface area (Å²) in [6.07, 6.45) is 2.80. The van der Waals surface area contributed by atoms with E-state index in [0.29, 0.717) is 13.2 Å². The molecule has 2 rings (SSSR count). The SMILES string of the molecule is O=C1NCCO1.c1cnoc1. The van der Waals surface area contributed by atoms with Crippen molar-refractivity contribution >= 4 is 6.09 Å². The van der Waals surface area contributed by atoms with Gasteiger partial charge in [0, 0.05) is 0 Å². The third-order valence-corrected chi connectivity index (χ3v) is 0.952. The molecule has 1 N–H and O–H groups in total. The molecule has 0 radical (unpaired) electrons. The van der Waals surface area contributed by atoms with Crippen molar-refractivity contribution in [1.29, 1.82) is 0 Å². The summed E-state index contributed by atoms with van der Waals surface area (Å²) in [6, 6.07) is 1.72. The van der Waals surface area contributed by atoms with Gasteiger partial charge in [0.25, 0.3) is 0 Å². The number of ether oxygens (including phenoxy) is 1. The maximum Gasteiger partial charge on any atom is 0.407 e. The number of nitrogens with one attached hydrogen (secondary N) is 1. The number of carbonyl (C=O) groups is 1. The van der Waals surface area contributed by atoms with Crippen LogP contribution < -0.4 is 5.32 Å². The molecule has 0 saturated carbocycles. The Morgan fingerprint density at radius 3 is 2.73 bits per heavy atom. The molecule has 60 valence electrons. The maximum atomic E-state index is 9.91. The number of hydrogen-bond donors (Lipinski definition) is 1. The van der Waals surface area contributed by atoms with Gasteiger partial charge in [-0.15, -0.1) is 0 Å². The lowest BCUT2D eigenvalue weighted by atomic mass is 10.7. The summed E-state index contributed by atoms with van der Waals surface area (Å²) in [5.41, 5.74) is 0. The van der Waals surface area contributed by atoms with Crippen molar-refractivity contribution in [2.45, 2.75) is 0 Å². The molecule has 0 aromatic carbocycles. The lowest BCUT2D eigenvalue weighted by molar-refractivity contribution is 0.178. The van der Waals surface area contributed by atoms with Crippen LogP contribution in [0.1, 0.15) is 0 Å². The number of rotatable bonds is 0. The molecule has 1 amide bonds. The van der Waals surface area contributed by atoms with Crippen molar-refractivity contribution in [1.82, 2.24) is 10.5 Å². The van der Waals surface area contributed by atoms with Gasteiger partial charge < -0.3 is 14.6 Å². The molecule has 0 spiro atoms. The van der Waals surface area contributed by atoms with Crippen molar-refractivity contribution in [3.05, 3.63) is 18.5 Å². The molecule has 0 atom stereocenters. The number of carbonyl (C=O) groups excluding carboxylic acids is 1. The highest BCUT2D eigenvalue weighted by Gasteiger charge is 2.06. The minimum atomic E-state index is -0.296. The molecular formula is C6H8N2O3. The summed E-state index contributed by atoms with van der Waals surface area (Å²) in [6.45, 7) is 1.19. The number of cyclic esters (lactones) is 1. The average Bonchev–Trinajstić information content (AvgIpc) is 2.57. The molecular weight excluding hydrogens is 148 g/mol. The molecule has 1 aromatic heterocycles. The predicted octanol–water partition coefficient (Wildman–Crippen LogP) is 0.401. The molecule has 5 heteroatoms. The van der Waals surface area contributed by atoms with E-state index in [1.54, 1.807) is 12.3 Å². The second-order valence-corrected chi connectivity index (χ2v) is 1.75. The highest BCUT2D eigenvalue weighted by atomic mass is 16.6. The van der Waals surface area contributed by atoms with Crippen LogP contribution in [-0.2, 0) is 4.74 Å². The Hall–Kier alpha value is -1.52. The zero-order chi connectivity index (χ0) is 7.94. The van der Waals surface area contributed by atoms with Crippen molar-refractivity contribution in [2.75, 3.05) is 13.2 Å². The van der Waals surface area contributed by atoms with Gasteiger partial charge >= 0.3 is 6.09 Å². The number of amides is 1. The molecule has 0 aliphatic carbocycles. The maximum absolute atomic E-state index is 9.91. The van der Waals surface area contributed by atoms with E-state index in [1.807, 2.05) is 0 Å². The average molecular weight is 156 g/mol. The first-order chi connectivity index (χ1) is 5.39. The Morgan fingerprint density at radius 1 is 1.64 bits per heavy atom. The fourth-order valence-electron chi connectivity index (χ4n) is 0.524. The van der Waals surface area contributed by atoms with Gasteiger partial charge in [-0.25, -0.2) is 4.79 Å². The van der Waals surface area contributed by atoms with Crippen LogP contribution in [-0.4, -0.2) is 24.4 Å². The molecule has 2 heterocycles. The first-order valence-corrected chi connectivity index (χ1v) is 3.14. The Morgan fingerprint density at radius 2 is 2.55 bits per heavy atom. The van der Waals surface area contributed by atoms with Gasteiger partial charge in [-0.3, -0.25) is 0 Å². The number of hydrogen-bond acceptors (Lipinski definition) is 4. The van der Waals surface area contributed by atoms with E-state index in [9.17, 15) is 4.79 Å². The van der Waals surface area contributed by atoms with E-state index in [1.165, 1.54) is 6.26 Å². The van der Waals surface area contributed by atoms with Gasteiger partial charge in [-0.05, 0) is 6.07 Å². The topological polar surface area (TPSA) is 64.4 Å². The minimum Gasteiger partial charge on any atom is -0.448 e. The number of alkyl carbamates (subject to hydrolysis) is 1. The summed E-state index contributed by atoms with van der Waals surface area (Å²) in [5.74, 6) is 0. The van der Waals surface area contributed by atoms with Gasteiger partial charge in [0.1, 0.15) is 12.9 Å². The predicted molar refractivity (Wildman–Crippen MR) is 35.9 cm³/mol. The van der Waals surface area contributed by atoms with Crippen LogP contribution in [0.15, 0.2) is 23.0 Å². The molecule has 1 aromatic rings. The van der Waals surface area contributed by atoms with Gasteiger partial charge in [0.2, 0.25) is 0 Å². The van der Waals surface area contributed by atoms with Crippen LogP contribution in [0.4, 0.5) is 4.79 Å². The van der Waals surface area contributed by atoms with Gasteiger partial charge in [-0.2, -0.15) is 0 Å². The highest BCUT2D eigenvalue weighted by Crippen LogP contribution is 1.82. The van der Waals surface area contributed by atoms with Crippen molar-refractivity contribution in [3.63, 3.8) is 0 Å². The molecule has 5 nitrogen and oxygen atoms in total. The summed E-state index contributed by atoms with van der Waals surface area (Å²) in [4.78, 5) is 9.91. The quantitative estimate of drug-likeness (QED) is 0.590. The van der Waals surface area contributed by atoms with E-state index in [4.69, 9.17) is 0 Å². The largest absolute Gasteiger partial charge is 0.448 e. The fourth-order valence-corrected chi connectivity index (χ4v) is 0.524. The summed E-state index contributed by atoms with van der Waals surface area (Å²) in [5, 5.41) is 5.81. The Balaban J connectivity index is 0.000000112. The van der Waals surface area contributed by atoms with Gasteiger partial charge in [0.05, 0.1) is 12.7 Å². The molecule has 1 fully saturated rings. The summed E-state index contributed by atoms with van der Waals surface area (Å²) < 4.78 is 8.74. The zero-order valence-electron chi connectivity index (χ0n) is 5.82. The first-order valence-electron chi connectivity index (χ1n) is 3.14. The smallest absolute Gasteiger partial charge is 0.407 e. The van der Waals surface area contributed by atoms with Crippen molar-refractivity contribution in [3.8, 4) is 0 Å². The van der Waals surface area contributed by atoms with Crippen LogP contribution in [0.2, 0.25) is 0 Å². The third-order valence-electron chi connectivity index (χ3n) is 0.952. The zero-order valence-corrected chi connectivity index (χ0v) is 5.82. The standard InChI is InChI=1S/C3H5NO2.C3H3NO/c5-3-4-1-2-6-3;1-2-4-5-3-1/h1-2H2,(H,4,5);1-3H. The number of aromatic nitrogens is 1. The Kier molecular flexibility index (Phi) is 2.98. The van der Waals surface area contributed by atoms with Crippen LogP contribution in [0, 0.1) is 0 Å². The minimum absolute atomic E-state index is 0.296. The summed E-state index contributed by atoms with van der Waals surface area (Å²) in [7, 11) is 0. The molecule has 1 aliphatic rings. The van der Waals surface area contributed by atoms with Gasteiger partial charge in [-0.1, -0.05) is 5.16 Å². The molecule has 0 unspecified atom stereocenters. The second kappa shape index (κ2) is 4.32. The molecule has 1 aliphatic heterocycles. The van der Waals surface area contributed by atoms with Crippen molar-refractivity contribution in [2.24, 2.45) is 0 Å². The number of nitrogens with zero attached hydrogens (tertiary/aromatic N) is 1. The Bertz CT molecular complexity index is 172. The molecule has 0 bridgehead atoms. The lowest BCUT2D eigenvalue weighted by Crippen LogP contribution is -2.11. The highest BCUT2D eigenvalue weighted by molar-refractivity contribution is 5.68. The van der Waals surface area contributed by atoms with Gasteiger partial charge in [0.15, 0.2) is 0 Å². The van der Waals surface area contributed by atoms with E-state index in [0.717, 1.165) is 0 Å². The molecule has 11 heavy (non-hydrogen) atoms. The van der Waals surface area contributed by atoms with E-state index in [2.05, 4.69) is 19.7 Å². The monoisotopic (exact) mass is 156 g/mol.